The molecule has 0 radical (unpaired) electrons. The van der Waals surface area contributed by atoms with Crippen molar-refractivity contribution in [1.82, 2.24) is 0 Å². The zero-order valence-electron chi connectivity index (χ0n) is 7.17. The van der Waals surface area contributed by atoms with Crippen LogP contribution in [0.15, 0.2) is 34.7 Å². The fourth-order valence-corrected chi connectivity index (χ4v) is 0.971. The van der Waals surface area contributed by atoms with Crippen molar-refractivity contribution in [2.24, 2.45) is 0 Å². The first-order valence-electron chi connectivity index (χ1n) is 3.70. The van der Waals surface area contributed by atoms with E-state index in [1.807, 2.05) is 0 Å². The molecule has 0 aliphatic heterocycles. The van der Waals surface area contributed by atoms with Gasteiger partial charge in [0.2, 0.25) is 0 Å². The van der Waals surface area contributed by atoms with Crippen molar-refractivity contribution >= 4 is 0 Å². The summed E-state index contributed by atoms with van der Waals surface area (Å²) in [5, 5.41) is 0. The molecule has 13 heavy (non-hydrogen) atoms. The number of hydrogen-bond donors (Lipinski definition) is 0. The summed E-state index contributed by atoms with van der Waals surface area (Å²) in [7, 11) is 0. The van der Waals surface area contributed by atoms with Crippen molar-refractivity contribution in [2.75, 3.05) is 0 Å². The fraction of sp³-hybridized carbons (Fsp3) is 0.333. The molecular formula is C9H8F4. The highest BCUT2D eigenvalue weighted by molar-refractivity contribution is 5.43. The van der Waals surface area contributed by atoms with Crippen LogP contribution in [-0.4, -0.2) is 6.17 Å². The molecule has 0 amide bonds. The van der Waals surface area contributed by atoms with Gasteiger partial charge in [-0.2, -0.15) is 0 Å². The van der Waals surface area contributed by atoms with Crippen molar-refractivity contribution in [3.8, 4) is 0 Å². The minimum absolute atomic E-state index is 0.0761. The minimum atomic E-state index is -2.33. The van der Waals surface area contributed by atoms with Crippen molar-refractivity contribution in [2.45, 2.75) is 20.0 Å². The van der Waals surface area contributed by atoms with E-state index in [2.05, 4.69) is 0 Å². The van der Waals surface area contributed by atoms with Crippen molar-refractivity contribution in [1.29, 1.82) is 0 Å². The normalized spacial score (nSPS) is 24.8. The van der Waals surface area contributed by atoms with E-state index >= 15 is 0 Å². The van der Waals surface area contributed by atoms with E-state index in [-0.39, 0.29) is 11.1 Å². The number of allylic oxidation sites excluding steroid dienone is 6. The molecule has 0 fully saturated rings. The molecule has 1 aliphatic carbocycles. The summed E-state index contributed by atoms with van der Waals surface area (Å²) in [5.41, 5.74) is -0.279. The van der Waals surface area contributed by atoms with E-state index in [1.165, 1.54) is 13.8 Å². The highest BCUT2D eigenvalue weighted by Crippen LogP contribution is 2.31. The molecule has 1 rings (SSSR count). The molecule has 0 bridgehead atoms. The Morgan fingerprint density at radius 1 is 1.08 bits per heavy atom. The van der Waals surface area contributed by atoms with Gasteiger partial charge < -0.3 is 0 Å². The average Bonchev–Trinajstić information content (AvgIpc) is 2.15. The van der Waals surface area contributed by atoms with E-state index in [1.54, 1.807) is 0 Å². The van der Waals surface area contributed by atoms with Gasteiger partial charge in [0.1, 0.15) is 5.83 Å². The topological polar surface area (TPSA) is 0 Å². The lowest BCUT2D eigenvalue weighted by Gasteiger charge is -2.00. The smallest absolute Gasteiger partial charge is 0.176 e. The summed E-state index contributed by atoms with van der Waals surface area (Å²) in [5.74, 6) is -3.80. The second-order valence-corrected chi connectivity index (χ2v) is 2.83. The van der Waals surface area contributed by atoms with Crippen LogP contribution >= 0.6 is 0 Å². The van der Waals surface area contributed by atoms with Gasteiger partial charge in [-0.25, -0.2) is 17.6 Å². The first-order valence-corrected chi connectivity index (χ1v) is 3.70. The van der Waals surface area contributed by atoms with Crippen molar-refractivity contribution < 1.29 is 17.6 Å². The third kappa shape index (κ3) is 1.66. The Balaban J connectivity index is 3.32. The summed E-state index contributed by atoms with van der Waals surface area (Å²) in [4.78, 5) is 0. The Bertz CT molecular complexity index is 323. The molecule has 72 valence electrons. The second kappa shape index (κ2) is 3.36. The van der Waals surface area contributed by atoms with Gasteiger partial charge in [0.15, 0.2) is 17.8 Å². The standard InChI is InChI=1S/C9H8F4/c1-4-5(2)8(12)9(13)7(11)3-6(4)10/h3,7H,1-2H3. The Hall–Kier alpha value is -1.06. The monoisotopic (exact) mass is 192 g/mol. The second-order valence-electron chi connectivity index (χ2n) is 2.83. The largest absolute Gasteiger partial charge is 0.235 e. The SMILES string of the molecule is CC1=C(C)C(F)=C(F)C(F)C=C1F. The lowest BCUT2D eigenvalue weighted by Crippen LogP contribution is -1.97. The summed E-state index contributed by atoms with van der Waals surface area (Å²) in [6, 6.07) is 0. The lowest BCUT2D eigenvalue weighted by molar-refractivity contribution is 0.362. The first kappa shape index (κ1) is 10.0. The molecule has 0 aromatic heterocycles. The van der Waals surface area contributed by atoms with Crippen molar-refractivity contribution in [3.63, 3.8) is 0 Å². The fourth-order valence-electron chi connectivity index (χ4n) is 0.971. The maximum atomic E-state index is 12.9. The Labute approximate surface area is 73.2 Å². The van der Waals surface area contributed by atoms with Gasteiger partial charge in [-0.05, 0) is 31.1 Å². The van der Waals surface area contributed by atoms with Gasteiger partial charge in [0, 0.05) is 0 Å². The molecule has 4 heteroatoms. The minimum Gasteiger partial charge on any atom is -0.235 e. The molecule has 1 atom stereocenters. The van der Waals surface area contributed by atoms with Crippen LogP contribution in [0.5, 0.6) is 0 Å². The van der Waals surface area contributed by atoms with Gasteiger partial charge in [-0.1, -0.05) is 0 Å². The summed E-state index contributed by atoms with van der Waals surface area (Å²) < 4.78 is 51.2. The van der Waals surface area contributed by atoms with E-state index in [0.717, 1.165) is 0 Å². The third-order valence-corrected chi connectivity index (χ3v) is 1.99. The zero-order chi connectivity index (χ0) is 10.2. The number of rotatable bonds is 0. The Morgan fingerprint density at radius 2 is 1.62 bits per heavy atom. The summed E-state index contributed by atoms with van der Waals surface area (Å²) >= 11 is 0. The zero-order valence-corrected chi connectivity index (χ0v) is 7.17. The van der Waals surface area contributed by atoms with Crippen LogP contribution in [0.3, 0.4) is 0 Å². The van der Waals surface area contributed by atoms with Gasteiger partial charge in [0.05, 0.1) is 0 Å². The molecule has 0 aromatic rings. The maximum absolute atomic E-state index is 12.9. The first-order chi connectivity index (χ1) is 5.95. The van der Waals surface area contributed by atoms with Gasteiger partial charge in [-0.3, -0.25) is 0 Å². The number of halogens is 4. The molecule has 0 nitrogen and oxygen atoms in total. The number of alkyl halides is 1. The van der Waals surface area contributed by atoms with E-state index < -0.39 is 23.7 Å². The van der Waals surface area contributed by atoms with Crippen LogP contribution in [0.25, 0.3) is 0 Å². The van der Waals surface area contributed by atoms with E-state index in [4.69, 9.17) is 0 Å². The van der Waals surface area contributed by atoms with Gasteiger partial charge in [0.25, 0.3) is 0 Å². The molecular weight excluding hydrogens is 184 g/mol. The van der Waals surface area contributed by atoms with Gasteiger partial charge in [-0.15, -0.1) is 0 Å². The molecule has 1 aliphatic rings. The third-order valence-electron chi connectivity index (χ3n) is 1.99. The highest BCUT2D eigenvalue weighted by Gasteiger charge is 2.24. The summed E-state index contributed by atoms with van der Waals surface area (Å²) in [6.07, 6.45) is -1.91. The number of hydrogen-bond acceptors (Lipinski definition) is 0. The lowest BCUT2D eigenvalue weighted by atomic mass is 10.1. The molecule has 0 heterocycles. The van der Waals surface area contributed by atoms with Crippen molar-refractivity contribution in [3.05, 3.63) is 34.7 Å². The van der Waals surface area contributed by atoms with E-state index in [9.17, 15) is 17.6 Å². The van der Waals surface area contributed by atoms with Crippen LogP contribution < -0.4 is 0 Å². The molecule has 0 N–H and O–H groups in total. The predicted molar refractivity (Wildman–Crippen MR) is 41.7 cm³/mol. The van der Waals surface area contributed by atoms with E-state index in [0.29, 0.717) is 6.08 Å². The molecule has 0 aromatic carbocycles. The quantitative estimate of drug-likeness (QED) is 0.513. The van der Waals surface area contributed by atoms with Crippen LogP contribution in [0.1, 0.15) is 13.8 Å². The highest BCUT2D eigenvalue weighted by atomic mass is 19.2. The average molecular weight is 192 g/mol. The molecule has 0 spiro atoms. The van der Waals surface area contributed by atoms with Crippen LogP contribution in [0, 0.1) is 0 Å². The molecule has 1 unspecified atom stereocenters. The Kier molecular flexibility index (Phi) is 2.59. The van der Waals surface area contributed by atoms with Crippen LogP contribution in [0.2, 0.25) is 0 Å². The van der Waals surface area contributed by atoms with Crippen LogP contribution in [0.4, 0.5) is 17.6 Å². The molecule has 0 saturated heterocycles. The van der Waals surface area contributed by atoms with Gasteiger partial charge >= 0.3 is 0 Å². The molecule has 0 saturated carbocycles. The maximum Gasteiger partial charge on any atom is 0.176 e. The summed E-state index contributed by atoms with van der Waals surface area (Å²) in [6.45, 7) is 2.47. The predicted octanol–water partition coefficient (Wildman–Crippen LogP) is 3.68. The Morgan fingerprint density at radius 3 is 2.15 bits per heavy atom. The van der Waals surface area contributed by atoms with Crippen LogP contribution in [-0.2, 0) is 0 Å².